The van der Waals surface area contributed by atoms with Crippen LogP contribution in [-0.4, -0.2) is 31.2 Å². The highest BCUT2D eigenvalue weighted by Gasteiger charge is 2.09. The summed E-state index contributed by atoms with van der Waals surface area (Å²) in [5.41, 5.74) is 1.49. The number of methoxy groups -OCH3 is 2. The second kappa shape index (κ2) is 7.31. The zero-order valence-corrected chi connectivity index (χ0v) is 12.8. The largest absolute Gasteiger partial charge is 0.493 e. The molecule has 0 saturated carbocycles. The minimum atomic E-state index is -1.01. The molecule has 0 heterocycles. The smallest absolute Gasteiger partial charge is 0.335 e. The van der Waals surface area contributed by atoms with Crippen molar-refractivity contribution in [3.05, 3.63) is 53.6 Å². The molecule has 2 N–H and O–H groups in total. The summed E-state index contributed by atoms with van der Waals surface area (Å²) in [5, 5.41) is 11.6. The van der Waals surface area contributed by atoms with Crippen molar-refractivity contribution in [2.75, 3.05) is 19.5 Å². The van der Waals surface area contributed by atoms with E-state index in [1.165, 1.54) is 19.2 Å². The van der Waals surface area contributed by atoms with Gasteiger partial charge in [0.15, 0.2) is 11.5 Å². The Kier molecular flexibility index (Phi) is 5.19. The number of benzene rings is 2. The summed E-state index contributed by atoms with van der Waals surface area (Å²) in [6.07, 6.45) is 0.168. The van der Waals surface area contributed by atoms with Gasteiger partial charge in [-0.3, -0.25) is 4.79 Å². The fourth-order valence-corrected chi connectivity index (χ4v) is 2.08. The Labute approximate surface area is 133 Å². The van der Waals surface area contributed by atoms with Crippen LogP contribution in [0.2, 0.25) is 0 Å². The third-order valence-electron chi connectivity index (χ3n) is 3.23. The van der Waals surface area contributed by atoms with Crippen molar-refractivity contribution >= 4 is 17.6 Å². The van der Waals surface area contributed by atoms with Crippen LogP contribution >= 0.6 is 0 Å². The summed E-state index contributed by atoms with van der Waals surface area (Å²) in [7, 11) is 3.08. The molecule has 2 rings (SSSR count). The summed E-state index contributed by atoms with van der Waals surface area (Å²) in [5.74, 6) is -0.0574. The molecule has 0 spiro atoms. The third kappa shape index (κ3) is 4.23. The van der Waals surface area contributed by atoms with E-state index in [0.717, 1.165) is 5.56 Å². The number of carboxylic acids is 1. The lowest BCUT2D eigenvalue weighted by Crippen LogP contribution is -2.14. The van der Waals surface area contributed by atoms with Crippen molar-refractivity contribution in [1.29, 1.82) is 0 Å². The van der Waals surface area contributed by atoms with E-state index >= 15 is 0 Å². The van der Waals surface area contributed by atoms with Crippen LogP contribution in [0.25, 0.3) is 0 Å². The Morgan fingerprint density at radius 1 is 1.00 bits per heavy atom. The van der Waals surface area contributed by atoms with Crippen molar-refractivity contribution < 1.29 is 24.2 Å². The maximum atomic E-state index is 12.1. The molecule has 23 heavy (non-hydrogen) atoms. The predicted molar refractivity (Wildman–Crippen MR) is 85.3 cm³/mol. The van der Waals surface area contributed by atoms with Gasteiger partial charge in [-0.2, -0.15) is 0 Å². The monoisotopic (exact) mass is 315 g/mol. The van der Waals surface area contributed by atoms with Gasteiger partial charge in [0.05, 0.1) is 26.2 Å². The summed E-state index contributed by atoms with van der Waals surface area (Å²) in [6, 6.07) is 11.2. The van der Waals surface area contributed by atoms with E-state index in [1.54, 1.807) is 37.4 Å². The van der Waals surface area contributed by atoms with Gasteiger partial charge in [0, 0.05) is 5.69 Å². The fraction of sp³-hybridized carbons (Fsp3) is 0.176. The average molecular weight is 315 g/mol. The summed E-state index contributed by atoms with van der Waals surface area (Å²) >= 11 is 0. The zero-order chi connectivity index (χ0) is 16.8. The van der Waals surface area contributed by atoms with Gasteiger partial charge in [-0.15, -0.1) is 0 Å². The van der Waals surface area contributed by atoms with Crippen molar-refractivity contribution in [2.45, 2.75) is 6.42 Å². The molecule has 0 aromatic heterocycles. The molecule has 2 aromatic rings. The Morgan fingerprint density at radius 2 is 1.65 bits per heavy atom. The lowest BCUT2D eigenvalue weighted by atomic mass is 10.1. The highest BCUT2D eigenvalue weighted by Crippen LogP contribution is 2.27. The van der Waals surface area contributed by atoms with Crippen LogP contribution in [-0.2, 0) is 11.2 Å². The molecule has 0 saturated heterocycles. The number of aromatic carboxylic acids is 1. The van der Waals surface area contributed by atoms with Crippen LogP contribution in [0.1, 0.15) is 15.9 Å². The Bertz CT molecular complexity index is 709. The van der Waals surface area contributed by atoms with Crippen LogP contribution in [0.4, 0.5) is 5.69 Å². The molecule has 6 nitrogen and oxygen atoms in total. The highest BCUT2D eigenvalue weighted by molar-refractivity contribution is 5.93. The first-order chi connectivity index (χ1) is 11.0. The number of carbonyl (C=O) groups is 2. The standard InChI is InChI=1S/C17H17NO5/c1-22-14-8-3-11(9-15(14)23-2)10-16(19)18-13-6-4-12(5-7-13)17(20)21/h3-9H,10H2,1-2H3,(H,18,19)(H,20,21). The number of rotatable bonds is 6. The molecule has 0 radical (unpaired) electrons. The molecular weight excluding hydrogens is 298 g/mol. The minimum absolute atomic E-state index is 0.168. The van der Waals surface area contributed by atoms with Gasteiger partial charge in [0.25, 0.3) is 0 Å². The summed E-state index contributed by atoms with van der Waals surface area (Å²) in [4.78, 5) is 22.8. The first-order valence-corrected chi connectivity index (χ1v) is 6.87. The predicted octanol–water partition coefficient (Wildman–Crippen LogP) is 2.58. The van der Waals surface area contributed by atoms with Crippen LogP contribution in [0, 0.1) is 0 Å². The van der Waals surface area contributed by atoms with Crippen LogP contribution in [0.3, 0.4) is 0 Å². The zero-order valence-electron chi connectivity index (χ0n) is 12.8. The van der Waals surface area contributed by atoms with E-state index in [0.29, 0.717) is 17.2 Å². The Morgan fingerprint density at radius 3 is 2.22 bits per heavy atom. The number of carbonyl (C=O) groups excluding carboxylic acids is 1. The van der Waals surface area contributed by atoms with Crippen molar-refractivity contribution in [2.24, 2.45) is 0 Å². The number of hydrogen-bond acceptors (Lipinski definition) is 4. The fourth-order valence-electron chi connectivity index (χ4n) is 2.08. The maximum absolute atomic E-state index is 12.1. The lowest BCUT2D eigenvalue weighted by molar-refractivity contribution is -0.115. The van der Waals surface area contributed by atoms with Gasteiger partial charge in [0.2, 0.25) is 5.91 Å². The first-order valence-electron chi connectivity index (χ1n) is 6.87. The maximum Gasteiger partial charge on any atom is 0.335 e. The molecule has 0 aliphatic heterocycles. The second-order valence-corrected chi connectivity index (χ2v) is 4.80. The van der Waals surface area contributed by atoms with Gasteiger partial charge in [0.1, 0.15) is 0 Å². The molecule has 0 atom stereocenters. The van der Waals surface area contributed by atoms with Gasteiger partial charge in [-0.25, -0.2) is 4.79 Å². The molecular formula is C17H17NO5. The number of amides is 1. The molecule has 0 fully saturated rings. The normalized spacial score (nSPS) is 10.0. The number of ether oxygens (including phenoxy) is 2. The number of carboxylic acid groups (broad SMARTS) is 1. The van der Waals surface area contributed by atoms with E-state index in [-0.39, 0.29) is 17.9 Å². The quantitative estimate of drug-likeness (QED) is 0.856. The Hall–Kier alpha value is -3.02. The minimum Gasteiger partial charge on any atom is -0.493 e. The molecule has 1 amide bonds. The van der Waals surface area contributed by atoms with E-state index in [4.69, 9.17) is 14.6 Å². The highest BCUT2D eigenvalue weighted by atomic mass is 16.5. The molecule has 0 bridgehead atoms. The number of anilines is 1. The van der Waals surface area contributed by atoms with E-state index in [1.807, 2.05) is 0 Å². The van der Waals surface area contributed by atoms with Crippen LogP contribution < -0.4 is 14.8 Å². The Balaban J connectivity index is 2.03. The average Bonchev–Trinajstić information content (AvgIpc) is 2.55. The topological polar surface area (TPSA) is 84.9 Å². The number of nitrogens with one attached hydrogen (secondary N) is 1. The lowest BCUT2D eigenvalue weighted by Gasteiger charge is -2.10. The van der Waals surface area contributed by atoms with Crippen LogP contribution in [0.5, 0.6) is 11.5 Å². The second-order valence-electron chi connectivity index (χ2n) is 4.80. The van der Waals surface area contributed by atoms with Gasteiger partial charge in [-0.1, -0.05) is 6.07 Å². The van der Waals surface area contributed by atoms with Crippen molar-refractivity contribution in [3.63, 3.8) is 0 Å². The van der Waals surface area contributed by atoms with Crippen molar-refractivity contribution in [3.8, 4) is 11.5 Å². The van der Waals surface area contributed by atoms with Gasteiger partial charge in [-0.05, 0) is 42.0 Å². The molecule has 2 aromatic carbocycles. The molecule has 0 aliphatic rings. The molecule has 0 aliphatic carbocycles. The number of hydrogen-bond donors (Lipinski definition) is 2. The SMILES string of the molecule is COc1ccc(CC(=O)Nc2ccc(C(=O)O)cc2)cc1OC. The van der Waals surface area contributed by atoms with E-state index < -0.39 is 5.97 Å². The van der Waals surface area contributed by atoms with Crippen molar-refractivity contribution in [1.82, 2.24) is 0 Å². The summed E-state index contributed by atoms with van der Waals surface area (Å²) < 4.78 is 10.3. The molecule has 0 unspecified atom stereocenters. The van der Waals surface area contributed by atoms with E-state index in [9.17, 15) is 9.59 Å². The summed E-state index contributed by atoms with van der Waals surface area (Å²) in [6.45, 7) is 0. The van der Waals surface area contributed by atoms with E-state index in [2.05, 4.69) is 5.32 Å². The van der Waals surface area contributed by atoms with Gasteiger partial charge >= 0.3 is 5.97 Å². The third-order valence-corrected chi connectivity index (χ3v) is 3.23. The molecule has 120 valence electrons. The first kappa shape index (κ1) is 16.4. The van der Waals surface area contributed by atoms with Gasteiger partial charge < -0.3 is 19.9 Å². The van der Waals surface area contributed by atoms with Crippen LogP contribution in [0.15, 0.2) is 42.5 Å². The molecule has 6 heteroatoms.